The van der Waals surface area contributed by atoms with Crippen LogP contribution in [0.1, 0.15) is 55.3 Å². The number of anilines is 2. The molecular weight excluding hydrogens is 396 g/mol. The molecular formula is C23H28N4O4. The van der Waals surface area contributed by atoms with E-state index in [9.17, 15) is 19.8 Å². The number of nitrogens with one attached hydrogen (secondary N) is 1. The van der Waals surface area contributed by atoms with E-state index in [0.29, 0.717) is 43.5 Å². The van der Waals surface area contributed by atoms with Crippen LogP contribution in [0, 0.1) is 5.92 Å². The average Bonchev–Trinajstić information content (AvgIpc) is 2.79. The summed E-state index contributed by atoms with van der Waals surface area (Å²) in [6.45, 7) is 1.08. The average molecular weight is 425 g/mol. The van der Waals surface area contributed by atoms with Gasteiger partial charge in [-0.1, -0.05) is 19.3 Å². The molecule has 0 aromatic carbocycles. The third kappa shape index (κ3) is 5.13. The number of aromatic carboxylic acids is 1. The molecule has 1 saturated carbocycles. The van der Waals surface area contributed by atoms with Crippen molar-refractivity contribution in [2.75, 3.05) is 23.3 Å². The second-order valence-electron chi connectivity index (χ2n) is 8.41. The van der Waals surface area contributed by atoms with Crippen molar-refractivity contribution >= 4 is 23.6 Å². The summed E-state index contributed by atoms with van der Waals surface area (Å²) in [7, 11) is 0. The molecule has 2 aromatic rings. The number of aromatic nitrogens is 2. The van der Waals surface area contributed by atoms with E-state index in [1.165, 1.54) is 19.3 Å². The predicted molar refractivity (Wildman–Crippen MR) is 117 cm³/mol. The van der Waals surface area contributed by atoms with Crippen LogP contribution in [0.25, 0.3) is 11.3 Å². The first-order chi connectivity index (χ1) is 15.0. The fourth-order valence-corrected chi connectivity index (χ4v) is 4.43. The fourth-order valence-electron chi connectivity index (χ4n) is 4.43. The largest absolute Gasteiger partial charge is 0.481 e. The molecule has 0 spiro atoms. The lowest BCUT2D eigenvalue weighted by molar-refractivity contribution is -0.142. The highest BCUT2D eigenvalue weighted by molar-refractivity contribution is 5.90. The molecule has 4 rings (SSSR count). The molecule has 164 valence electrons. The topological polar surface area (TPSA) is 116 Å². The summed E-state index contributed by atoms with van der Waals surface area (Å²) < 4.78 is 0. The van der Waals surface area contributed by atoms with Gasteiger partial charge in [-0.15, -0.1) is 0 Å². The summed E-state index contributed by atoms with van der Waals surface area (Å²) >= 11 is 0. The Balaban J connectivity index is 1.58. The lowest BCUT2D eigenvalue weighted by Gasteiger charge is -2.31. The maximum absolute atomic E-state index is 11.7. The van der Waals surface area contributed by atoms with Crippen molar-refractivity contribution in [3.8, 4) is 11.3 Å². The van der Waals surface area contributed by atoms with Crippen molar-refractivity contribution in [1.82, 2.24) is 9.97 Å². The SMILES string of the molecule is O=C(O)c1cc(-c2ccnc(NC3CCCCC3)c2)nc(N2CCC(C(=O)O)CC2)c1. The number of carboxylic acids is 2. The van der Waals surface area contributed by atoms with Gasteiger partial charge in [0.25, 0.3) is 0 Å². The van der Waals surface area contributed by atoms with Gasteiger partial charge in [-0.25, -0.2) is 14.8 Å². The van der Waals surface area contributed by atoms with E-state index in [0.717, 1.165) is 24.2 Å². The molecule has 8 heteroatoms. The molecule has 2 fully saturated rings. The molecule has 1 saturated heterocycles. The standard InChI is InChI=1S/C23H28N4O4/c28-22(29)15-7-10-27(11-8-15)21-14-17(23(30)31)12-19(26-21)16-6-9-24-20(13-16)25-18-4-2-1-3-5-18/h6,9,12-15,18H,1-5,7-8,10-11H2,(H,24,25)(H,28,29)(H,30,31). The van der Waals surface area contributed by atoms with Crippen molar-refractivity contribution in [2.24, 2.45) is 5.92 Å². The maximum atomic E-state index is 11.7. The van der Waals surface area contributed by atoms with Gasteiger partial charge < -0.3 is 20.4 Å². The molecule has 0 amide bonds. The summed E-state index contributed by atoms with van der Waals surface area (Å²) in [6.07, 6.45) is 8.76. The lowest BCUT2D eigenvalue weighted by Crippen LogP contribution is -2.36. The summed E-state index contributed by atoms with van der Waals surface area (Å²) in [5, 5.41) is 22.3. The Hall–Kier alpha value is -3.16. The second-order valence-corrected chi connectivity index (χ2v) is 8.41. The molecule has 8 nitrogen and oxygen atoms in total. The van der Waals surface area contributed by atoms with Crippen molar-refractivity contribution in [1.29, 1.82) is 0 Å². The minimum atomic E-state index is -1.01. The summed E-state index contributed by atoms with van der Waals surface area (Å²) in [6, 6.07) is 7.31. The quantitative estimate of drug-likeness (QED) is 0.640. The molecule has 1 aliphatic carbocycles. The number of pyridine rings is 2. The van der Waals surface area contributed by atoms with E-state index in [4.69, 9.17) is 4.98 Å². The van der Waals surface area contributed by atoms with Crippen molar-refractivity contribution in [2.45, 2.75) is 51.0 Å². The number of carboxylic acid groups (broad SMARTS) is 2. The first-order valence-electron chi connectivity index (χ1n) is 11.0. The highest BCUT2D eigenvalue weighted by Gasteiger charge is 2.26. The fraction of sp³-hybridized carbons (Fsp3) is 0.478. The minimum absolute atomic E-state index is 0.166. The zero-order chi connectivity index (χ0) is 21.8. The maximum Gasteiger partial charge on any atom is 0.335 e. The van der Waals surface area contributed by atoms with Gasteiger partial charge in [0.2, 0.25) is 0 Å². The van der Waals surface area contributed by atoms with Gasteiger partial charge in [-0.05, 0) is 49.9 Å². The number of rotatable bonds is 6. The third-order valence-electron chi connectivity index (χ3n) is 6.24. The number of piperidine rings is 1. The Kier molecular flexibility index (Phi) is 6.34. The Bertz CT molecular complexity index is 950. The third-order valence-corrected chi connectivity index (χ3v) is 6.24. The molecule has 0 radical (unpaired) electrons. The first kappa shape index (κ1) is 21.1. The van der Waals surface area contributed by atoms with Crippen LogP contribution in [-0.4, -0.2) is 51.3 Å². The first-order valence-corrected chi connectivity index (χ1v) is 11.0. The Morgan fingerprint density at radius 1 is 1.00 bits per heavy atom. The zero-order valence-electron chi connectivity index (χ0n) is 17.5. The summed E-state index contributed by atoms with van der Waals surface area (Å²) in [5.74, 6) is -0.803. The minimum Gasteiger partial charge on any atom is -0.481 e. The Morgan fingerprint density at radius 2 is 1.74 bits per heavy atom. The van der Waals surface area contributed by atoms with Crippen LogP contribution in [0.3, 0.4) is 0 Å². The van der Waals surface area contributed by atoms with Crippen LogP contribution in [0.4, 0.5) is 11.6 Å². The molecule has 0 bridgehead atoms. The van der Waals surface area contributed by atoms with Gasteiger partial charge in [0, 0.05) is 30.9 Å². The van der Waals surface area contributed by atoms with E-state index in [1.807, 2.05) is 17.0 Å². The van der Waals surface area contributed by atoms with Crippen LogP contribution in [-0.2, 0) is 4.79 Å². The van der Waals surface area contributed by atoms with E-state index in [2.05, 4.69) is 10.3 Å². The number of carbonyl (C=O) groups is 2. The Labute approximate surface area is 181 Å². The number of aliphatic carboxylic acids is 1. The van der Waals surface area contributed by atoms with Crippen LogP contribution in [0.5, 0.6) is 0 Å². The van der Waals surface area contributed by atoms with E-state index < -0.39 is 11.9 Å². The summed E-state index contributed by atoms with van der Waals surface area (Å²) in [5.41, 5.74) is 1.54. The highest BCUT2D eigenvalue weighted by atomic mass is 16.4. The van der Waals surface area contributed by atoms with Gasteiger partial charge in [-0.2, -0.15) is 0 Å². The van der Waals surface area contributed by atoms with Crippen molar-refractivity contribution < 1.29 is 19.8 Å². The van der Waals surface area contributed by atoms with E-state index in [-0.39, 0.29) is 11.5 Å². The molecule has 3 heterocycles. The zero-order valence-corrected chi connectivity index (χ0v) is 17.5. The van der Waals surface area contributed by atoms with Crippen molar-refractivity contribution in [3.63, 3.8) is 0 Å². The van der Waals surface area contributed by atoms with Crippen LogP contribution in [0.15, 0.2) is 30.5 Å². The number of hydrogen-bond acceptors (Lipinski definition) is 6. The van der Waals surface area contributed by atoms with E-state index in [1.54, 1.807) is 18.3 Å². The van der Waals surface area contributed by atoms with Gasteiger partial charge in [-0.3, -0.25) is 4.79 Å². The van der Waals surface area contributed by atoms with Crippen LogP contribution in [0.2, 0.25) is 0 Å². The second kappa shape index (κ2) is 9.32. The van der Waals surface area contributed by atoms with Gasteiger partial charge >= 0.3 is 11.9 Å². The molecule has 0 atom stereocenters. The van der Waals surface area contributed by atoms with Crippen molar-refractivity contribution in [3.05, 3.63) is 36.0 Å². The molecule has 3 N–H and O–H groups in total. The number of hydrogen-bond donors (Lipinski definition) is 3. The predicted octanol–water partition coefficient (Wildman–Crippen LogP) is 3.89. The van der Waals surface area contributed by atoms with E-state index >= 15 is 0 Å². The smallest absolute Gasteiger partial charge is 0.335 e. The highest BCUT2D eigenvalue weighted by Crippen LogP contribution is 2.28. The molecule has 2 aromatic heterocycles. The van der Waals surface area contributed by atoms with Crippen LogP contribution < -0.4 is 10.2 Å². The number of nitrogens with zero attached hydrogens (tertiary/aromatic N) is 3. The Morgan fingerprint density at radius 3 is 2.42 bits per heavy atom. The summed E-state index contributed by atoms with van der Waals surface area (Å²) in [4.78, 5) is 34.1. The van der Waals surface area contributed by atoms with Crippen LogP contribution >= 0.6 is 0 Å². The van der Waals surface area contributed by atoms with Gasteiger partial charge in [0.05, 0.1) is 17.2 Å². The molecule has 1 aliphatic heterocycles. The monoisotopic (exact) mass is 424 g/mol. The molecule has 0 unspecified atom stereocenters. The van der Waals surface area contributed by atoms with Gasteiger partial charge in [0.15, 0.2) is 0 Å². The normalized spacial score (nSPS) is 18.0. The lowest BCUT2D eigenvalue weighted by atomic mass is 9.95. The van der Waals surface area contributed by atoms with Gasteiger partial charge in [0.1, 0.15) is 11.6 Å². The molecule has 31 heavy (non-hydrogen) atoms. The molecule has 2 aliphatic rings.